The Labute approximate surface area is 271 Å². The maximum atomic E-state index is 13.9. The van der Waals surface area contributed by atoms with Crippen LogP contribution in [0, 0.1) is 6.92 Å². The maximum Gasteiger partial charge on any atom is 0.428 e. The Morgan fingerprint density at radius 2 is 1.76 bits per heavy atom. The van der Waals surface area contributed by atoms with Gasteiger partial charge in [-0.15, -0.1) is 5.10 Å². The molecule has 5 rings (SSSR count). The first-order valence-electron chi connectivity index (χ1n) is 13.1. The SMILES string of the molecule is COC(=O)N(C)NC(=O)c1cc(Cl)cc(C)c1NC(=O)c1cc(Cn2cc(-c3ccc(Cl)cc3)nn2)nn1-c1ncccc1Cl. The fourth-order valence-corrected chi connectivity index (χ4v) is 4.92. The third-order valence-corrected chi connectivity index (χ3v) is 7.20. The van der Waals surface area contributed by atoms with E-state index < -0.39 is 17.9 Å². The molecule has 0 saturated heterocycles. The van der Waals surface area contributed by atoms with Crippen molar-refractivity contribution in [2.75, 3.05) is 19.5 Å². The summed E-state index contributed by atoms with van der Waals surface area (Å²) in [5.74, 6) is -1.13. The number of aromatic nitrogens is 6. The van der Waals surface area contributed by atoms with Crippen molar-refractivity contribution in [1.29, 1.82) is 0 Å². The molecule has 0 aliphatic heterocycles. The smallest absolute Gasteiger partial charge is 0.428 e. The van der Waals surface area contributed by atoms with E-state index in [4.69, 9.17) is 34.8 Å². The summed E-state index contributed by atoms with van der Waals surface area (Å²) in [5, 5.41) is 17.8. The number of ether oxygens (including phenoxy) is 1. The van der Waals surface area contributed by atoms with Gasteiger partial charge in [0.2, 0.25) is 0 Å². The molecule has 0 radical (unpaired) electrons. The zero-order chi connectivity index (χ0) is 32.2. The van der Waals surface area contributed by atoms with Gasteiger partial charge in [-0.25, -0.2) is 24.2 Å². The molecule has 0 unspecified atom stereocenters. The van der Waals surface area contributed by atoms with Crippen LogP contribution < -0.4 is 10.7 Å². The average molecular weight is 669 g/mol. The molecule has 0 spiro atoms. The van der Waals surface area contributed by atoms with Gasteiger partial charge in [0.1, 0.15) is 11.4 Å². The molecule has 3 heterocycles. The van der Waals surface area contributed by atoms with Gasteiger partial charge in [-0.1, -0.05) is 52.1 Å². The van der Waals surface area contributed by atoms with Crippen LogP contribution in [0.4, 0.5) is 10.5 Å². The summed E-state index contributed by atoms with van der Waals surface area (Å²) < 4.78 is 7.50. The van der Waals surface area contributed by atoms with E-state index in [9.17, 15) is 14.4 Å². The summed E-state index contributed by atoms with van der Waals surface area (Å²) in [6, 6.07) is 15.0. The lowest BCUT2D eigenvalue weighted by atomic mass is 10.1. The first-order valence-corrected chi connectivity index (χ1v) is 14.3. The van der Waals surface area contributed by atoms with Crippen molar-refractivity contribution in [3.63, 3.8) is 0 Å². The standard InChI is InChI=1S/C29H24Cl3N9O4/c1-16-11-19(31)12-21(27(42)37-39(2)29(44)45-3)25(16)34-28(43)24-13-20(36-41(24)26-22(32)5-4-10-33-26)14-40-15-23(35-38-40)17-6-8-18(30)9-7-17/h4-13,15H,14H2,1-3H3,(H,34,43)(H,37,42). The second kappa shape index (κ2) is 13.3. The fourth-order valence-electron chi connectivity index (χ4n) is 4.32. The van der Waals surface area contributed by atoms with Crippen molar-refractivity contribution in [3.05, 3.63) is 105 Å². The number of halogens is 3. The second-order valence-corrected chi connectivity index (χ2v) is 10.9. The number of carbonyl (C=O) groups is 3. The van der Waals surface area contributed by atoms with Crippen molar-refractivity contribution in [2.24, 2.45) is 0 Å². The van der Waals surface area contributed by atoms with Gasteiger partial charge in [0.25, 0.3) is 11.8 Å². The predicted molar refractivity (Wildman–Crippen MR) is 168 cm³/mol. The van der Waals surface area contributed by atoms with Crippen LogP contribution in [0.25, 0.3) is 17.1 Å². The van der Waals surface area contributed by atoms with Crippen molar-refractivity contribution < 1.29 is 19.1 Å². The van der Waals surface area contributed by atoms with Crippen LogP contribution in [0.1, 0.15) is 32.1 Å². The van der Waals surface area contributed by atoms with Crippen LogP contribution in [0.3, 0.4) is 0 Å². The Bertz CT molecular complexity index is 1910. The van der Waals surface area contributed by atoms with Gasteiger partial charge in [-0.05, 0) is 55.0 Å². The molecule has 0 bridgehead atoms. The Morgan fingerprint density at radius 1 is 1.00 bits per heavy atom. The normalized spacial score (nSPS) is 10.8. The number of anilines is 1. The lowest BCUT2D eigenvalue weighted by Gasteiger charge is -2.19. The monoisotopic (exact) mass is 667 g/mol. The third-order valence-electron chi connectivity index (χ3n) is 6.44. The van der Waals surface area contributed by atoms with Crippen LogP contribution >= 0.6 is 34.8 Å². The zero-order valence-corrected chi connectivity index (χ0v) is 26.2. The summed E-state index contributed by atoms with van der Waals surface area (Å²) in [4.78, 5) is 43.1. The van der Waals surface area contributed by atoms with Gasteiger partial charge < -0.3 is 10.1 Å². The zero-order valence-electron chi connectivity index (χ0n) is 24.0. The fraction of sp³-hybridized carbons (Fsp3) is 0.138. The number of nitrogens with one attached hydrogen (secondary N) is 2. The number of aryl methyl sites for hydroxylation is 1. The van der Waals surface area contributed by atoms with Crippen LogP contribution in [0.2, 0.25) is 15.1 Å². The minimum absolute atomic E-state index is 0.00334. The molecule has 0 aliphatic carbocycles. The van der Waals surface area contributed by atoms with E-state index in [1.165, 1.54) is 31.1 Å². The number of rotatable bonds is 7. The molecule has 0 saturated carbocycles. The number of methoxy groups -OCH3 is 1. The highest BCUT2D eigenvalue weighted by atomic mass is 35.5. The van der Waals surface area contributed by atoms with Crippen molar-refractivity contribution in [2.45, 2.75) is 13.5 Å². The first kappa shape index (κ1) is 31.4. The Hall–Kier alpha value is -4.98. The minimum atomic E-state index is -0.802. The van der Waals surface area contributed by atoms with E-state index in [-0.39, 0.29) is 39.4 Å². The first-order chi connectivity index (χ1) is 21.5. The highest BCUT2D eigenvalue weighted by Crippen LogP contribution is 2.28. The van der Waals surface area contributed by atoms with E-state index in [0.717, 1.165) is 10.6 Å². The molecule has 3 amide bonds. The lowest BCUT2D eigenvalue weighted by Crippen LogP contribution is -2.43. The summed E-state index contributed by atoms with van der Waals surface area (Å²) in [5.41, 5.74) is 5.00. The van der Waals surface area contributed by atoms with Gasteiger partial charge >= 0.3 is 6.09 Å². The van der Waals surface area contributed by atoms with Gasteiger partial charge in [0.15, 0.2) is 5.82 Å². The molecule has 13 nitrogen and oxygen atoms in total. The molecule has 5 aromatic rings. The largest absolute Gasteiger partial charge is 0.452 e. The van der Waals surface area contributed by atoms with Gasteiger partial charge in [0, 0.05) is 28.9 Å². The summed E-state index contributed by atoms with van der Waals surface area (Å²) in [6.45, 7) is 1.83. The number of pyridine rings is 1. The number of benzene rings is 2. The molecular formula is C29H24Cl3N9O4. The highest BCUT2D eigenvalue weighted by Gasteiger charge is 2.24. The summed E-state index contributed by atoms with van der Waals surface area (Å²) in [6.07, 6.45) is 2.45. The molecular weight excluding hydrogens is 645 g/mol. The molecule has 2 N–H and O–H groups in total. The number of amides is 3. The second-order valence-electron chi connectivity index (χ2n) is 9.62. The molecule has 16 heteroatoms. The van der Waals surface area contributed by atoms with Crippen LogP contribution in [0.5, 0.6) is 0 Å². The van der Waals surface area contributed by atoms with E-state index >= 15 is 0 Å². The topological polar surface area (TPSA) is 149 Å². The van der Waals surface area contributed by atoms with Gasteiger partial charge in [-0.3, -0.25) is 15.0 Å². The van der Waals surface area contributed by atoms with Crippen LogP contribution in [-0.4, -0.2) is 66.8 Å². The van der Waals surface area contributed by atoms with Gasteiger partial charge in [0.05, 0.1) is 41.8 Å². The van der Waals surface area contributed by atoms with E-state index in [0.29, 0.717) is 22.0 Å². The molecule has 0 aliphatic rings. The van der Waals surface area contributed by atoms with Crippen molar-refractivity contribution in [3.8, 4) is 17.1 Å². The van der Waals surface area contributed by atoms with E-state index in [2.05, 4.69) is 35.9 Å². The van der Waals surface area contributed by atoms with Crippen LogP contribution in [-0.2, 0) is 11.3 Å². The van der Waals surface area contributed by atoms with Gasteiger partial charge in [-0.2, -0.15) is 5.10 Å². The lowest BCUT2D eigenvalue weighted by molar-refractivity contribution is 0.0767. The Morgan fingerprint density at radius 3 is 2.47 bits per heavy atom. The van der Waals surface area contributed by atoms with E-state index in [1.807, 2.05) is 12.1 Å². The Kier molecular flexibility index (Phi) is 9.32. The molecule has 2 aromatic carbocycles. The third kappa shape index (κ3) is 7.06. The quantitative estimate of drug-likeness (QED) is 0.218. The average Bonchev–Trinajstić information content (AvgIpc) is 3.66. The molecule has 0 atom stereocenters. The number of hydrogen-bond donors (Lipinski definition) is 2. The number of carbonyl (C=O) groups excluding carboxylic acids is 3. The Balaban J connectivity index is 1.48. The minimum Gasteiger partial charge on any atom is -0.452 e. The molecule has 3 aromatic heterocycles. The van der Waals surface area contributed by atoms with E-state index in [1.54, 1.807) is 54.2 Å². The molecule has 230 valence electrons. The summed E-state index contributed by atoms with van der Waals surface area (Å²) in [7, 11) is 2.48. The van der Waals surface area contributed by atoms with Crippen LogP contribution in [0.15, 0.2) is 67.0 Å². The number of nitrogens with zero attached hydrogens (tertiary/aromatic N) is 7. The van der Waals surface area contributed by atoms with Crippen molar-refractivity contribution in [1.82, 2.24) is 40.2 Å². The van der Waals surface area contributed by atoms with Crippen molar-refractivity contribution >= 4 is 58.4 Å². The number of hydrazine groups is 1. The maximum absolute atomic E-state index is 13.9. The molecule has 0 fully saturated rings. The highest BCUT2D eigenvalue weighted by molar-refractivity contribution is 6.32. The number of hydrogen-bond acceptors (Lipinski definition) is 8. The predicted octanol–water partition coefficient (Wildman–Crippen LogP) is 5.44. The molecule has 45 heavy (non-hydrogen) atoms. The summed E-state index contributed by atoms with van der Waals surface area (Å²) >= 11 is 18.7.